The average molecular weight is 430 g/mol. The molecule has 8 heteroatoms. The van der Waals surface area contributed by atoms with Gasteiger partial charge in [-0.05, 0) is 55.3 Å². The third kappa shape index (κ3) is 4.36. The fourth-order valence-corrected chi connectivity index (χ4v) is 4.47. The summed E-state index contributed by atoms with van der Waals surface area (Å²) >= 11 is 7.31. The van der Waals surface area contributed by atoms with Crippen molar-refractivity contribution in [2.75, 3.05) is 25.5 Å². The second-order valence-corrected chi connectivity index (χ2v) is 8.41. The number of methoxy groups -OCH3 is 1. The highest BCUT2D eigenvalue weighted by molar-refractivity contribution is 7.22. The molecule has 0 spiro atoms. The normalized spacial score (nSPS) is 16.6. The van der Waals surface area contributed by atoms with Crippen LogP contribution >= 0.6 is 22.9 Å². The Balaban J connectivity index is 1.43. The topological polar surface area (TPSA) is 71.5 Å². The summed E-state index contributed by atoms with van der Waals surface area (Å²) in [7, 11) is 1.62. The average Bonchev–Trinajstić information content (AvgIpc) is 3.15. The number of carbonyl (C=O) groups is 2. The van der Waals surface area contributed by atoms with Crippen LogP contribution in [-0.4, -0.2) is 41.9 Å². The smallest absolute Gasteiger partial charge is 0.253 e. The van der Waals surface area contributed by atoms with E-state index in [0.29, 0.717) is 28.8 Å². The van der Waals surface area contributed by atoms with Crippen molar-refractivity contribution in [1.29, 1.82) is 0 Å². The number of nitrogens with zero attached hydrogens (tertiary/aromatic N) is 2. The Morgan fingerprint density at radius 2 is 2.03 bits per heavy atom. The summed E-state index contributed by atoms with van der Waals surface area (Å²) in [5, 5.41) is 4.06. The lowest BCUT2D eigenvalue weighted by Gasteiger charge is -2.32. The van der Waals surface area contributed by atoms with Gasteiger partial charge < -0.3 is 15.0 Å². The van der Waals surface area contributed by atoms with Gasteiger partial charge in [-0.2, -0.15) is 0 Å². The van der Waals surface area contributed by atoms with Gasteiger partial charge in [0.15, 0.2) is 5.13 Å². The fourth-order valence-electron chi connectivity index (χ4n) is 3.44. The number of halogens is 1. The molecule has 1 fully saturated rings. The number of rotatable bonds is 4. The van der Waals surface area contributed by atoms with Crippen LogP contribution in [0.25, 0.3) is 10.2 Å². The zero-order valence-electron chi connectivity index (χ0n) is 15.9. The van der Waals surface area contributed by atoms with Crippen LogP contribution in [0.1, 0.15) is 23.2 Å². The molecule has 6 nitrogen and oxygen atoms in total. The number of piperidine rings is 1. The van der Waals surface area contributed by atoms with Crippen LogP contribution in [0.3, 0.4) is 0 Å². The molecule has 1 atom stereocenters. The zero-order chi connectivity index (χ0) is 20.4. The molecule has 0 bridgehead atoms. The van der Waals surface area contributed by atoms with E-state index in [9.17, 15) is 9.59 Å². The van der Waals surface area contributed by atoms with E-state index in [4.69, 9.17) is 16.3 Å². The van der Waals surface area contributed by atoms with E-state index < -0.39 is 0 Å². The summed E-state index contributed by atoms with van der Waals surface area (Å²) in [6.45, 7) is 1.04. The van der Waals surface area contributed by atoms with Crippen LogP contribution in [-0.2, 0) is 4.79 Å². The van der Waals surface area contributed by atoms with Gasteiger partial charge in [0.25, 0.3) is 5.91 Å². The van der Waals surface area contributed by atoms with Crippen LogP contribution < -0.4 is 10.1 Å². The Labute approximate surface area is 177 Å². The minimum Gasteiger partial charge on any atom is -0.497 e. The molecule has 2 aromatic carbocycles. The number of thiazole rings is 1. The van der Waals surface area contributed by atoms with Crippen LogP contribution in [0, 0.1) is 5.92 Å². The van der Waals surface area contributed by atoms with Crippen molar-refractivity contribution in [3.8, 4) is 5.75 Å². The van der Waals surface area contributed by atoms with E-state index in [1.807, 2.05) is 18.2 Å². The highest BCUT2D eigenvalue weighted by Crippen LogP contribution is 2.30. The molecule has 4 rings (SSSR count). The minimum absolute atomic E-state index is 0.0775. The molecule has 1 aromatic heterocycles. The number of hydrogen-bond acceptors (Lipinski definition) is 5. The summed E-state index contributed by atoms with van der Waals surface area (Å²) in [5.41, 5.74) is 1.39. The van der Waals surface area contributed by atoms with E-state index in [0.717, 1.165) is 28.8 Å². The van der Waals surface area contributed by atoms with Crippen molar-refractivity contribution < 1.29 is 14.3 Å². The predicted molar refractivity (Wildman–Crippen MR) is 115 cm³/mol. The van der Waals surface area contributed by atoms with Crippen LogP contribution in [0.2, 0.25) is 5.02 Å². The van der Waals surface area contributed by atoms with Crippen molar-refractivity contribution in [2.24, 2.45) is 5.92 Å². The number of likely N-dealkylation sites (tertiary alicyclic amines) is 1. The molecule has 29 heavy (non-hydrogen) atoms. The lowest BCUT2D eigenvalue weighted by molar-refractivity contribution is -0.121. The molecule has 1 saturated heterocycles. The molecule has 0 radical (unpaired) electrons. The summed E-state index contributed by atoms with van der Waals surface area (Å²) in [6.07, 6.45) is 1.53. The number of fused-ring (bicyclic) bond motifs is 1. The molecule has 1 unspecified atom stereocenters. The minimum atomic E-state index is -0.262. The summed E-state index contributed by atoms with van der Waals surface area (Å²) in [4.78, 5) is 31.7. The van der Waals surface area contributed by atoms with Crippen molar-refractivity contribution in [1.82, 2.24) is 9.88 Å². The van der Waals surface area contributed by atoms with Crippen molar-refractivity contribution in [3.63, 3.8) is 0 Å². The number of ether oxygens (including phenoxy) is 1. The molecule has 2 heterocycles. The molecule has 0 aliphatic carbocycles. The number of anilines is 1. The van der Waals surface area contributed by atoms with Gasteiger partial charge >= 0.3 is 0 Å². The fraction of sp³-hybridized carbons (Fsp3) is 0.286. The van der Waals surface area contributed by atoms with Gasteiger partial charge in [0, 0.05) is 23.7 Å². The second kappa shape index (κ2) is 8.39. The van der Waals surface area contributed by atoms with Gasteiger partial charge in [-0.3, -0.25) is 9.59 Å². The van der Waals surface area contributed by atoms with Crippen molar-refractivity contribution >= 4 is 50.1 Å². The van der Waals surface area contributed by atoms with Crippen LogP contribution in [0.5, 0.6) is 5.75 Å². The van der Waals surface area contributed by atoms with E-state index >= 15 is 0 Å². The number of benzene rings is 2. The molecule has 1 aliphatic rings. The lowest BCUT2D eigenvalue weighted by atomic mass is 9.96. The third-order valence-corrected chi connectivity index (χ3v) is 6.18. The first-order chi connectivity index (χ1) is 14.0. The Morgan fingerprint density at radius 1 is 1.24 bits per heavy atom. The van der Waals surface area contributed by atoms with Crippen molar-refractivity contribution in [3.05, 3.63) is 53.1 Å². The number of carbonyl (C=O) groups excluding carboxylic acids is 2. The number of hydrogen-bond donors (Lipinski definition) is 1. The molecular weight excluding hydrogens is 410 g/mol. The first kappa shape index (κ1) is 19.7. The maximum Gasteiger partial charge on any atom is 0.253 e. The molecular formula is C21H20ClN3O3S. The Bertz CT molecular complexity index is 1050. The highest BCUT2D eigenvalue weighted by Gasteiger charge is 2.29. The first-order valence-corrected chi connectivity index (χ1v) is 10.5. The van der Waals surface area contributed by atoms with Gasteiger partial charge in [0.1, 0.15) is 5.75 Å². The van der Waals surface area contributed by atoms with Gasteiger partial charge in [0.2, 0.25) is 5.91 Å². The summed E-state index contributed by atoms with van der Waals surface area (Å²) < 4.78 is 6.18. The number of amides is 2. The van der Waals surface area contributed by atoms with E-state index in [1.54, 1.807) is 36.3 Å². The van der Waals surface area contributed by atoms with E-state index in [-0.39, 0.29) is 17.7 Å². The quantitative estimate of drug-likeness (QED) is 0.665. The molecule has 1 aliphatic heterocycles. The maximum absolute atomic E-state index is 12.8. The number of nitrogens with one attached hydrogen (secondary N) is 1. The first-order valence-electron chi connectivity index (χ1n) is 9.34. The van der Waals surface area contributed by atoms with Gasteiger partial charge in [-0.25, -0.2) is 4.98 Å². The molecule has 150 valence electrons. The Morgan fingerprint density at radius 3 is 2.79 bits per heavy atom. The molecule has 3 aromatic rings. The van der Waals surface area contributed by atoms with E-state index in [2.05, 4.69) is 10.3 Å². The van der Waals surface area contributed by atoms with Gasteiger partial charge in [-0.15, -0.1) is 0 Å². The predicted octanol–water partition coefficient (Wildman–Crippen LogP) is 4.45. The molecule has 2 amide bonds. The summed E-state index contributed by atoms with van der Waals surface area (Å²) in [6, 6.07) is 12.4. The van der Waals surface area contributed by atoms with Crippen molar-refractivity contribution in [2.45, 2.75) is 12.8 Å². The van der Waals surface area contributed by atoms with Crippen LogP contribution in [0.15, 0.2) is 42.5 Å². The standard InChI is InChI=1S/C21H20ClN3O3S/c1-28-16-8-9-17-18(11-16)29-21(23-17)24-19(26)14-3-2-10-25(12-14)20(27)13-4-6-15(22)7-5-13/h4-9,11,14H,2-3,10,12H2,1H3,(H,23,24,26). The lowest BCUT2D eigenvalue weighted by Crippen LogP contribution is -2.43. The van der Waals surface area contributed by atoms with Crippen LogP contribution in [0.4, 0.5) is 5.13 Å². The largest absolute Gasteiger partial charge is 0.497 e. The second-order valence-electron chi connectivity index (χ2n) is 6.94. The monoisotopic (exact) mass is 429 g/mol. The maximum atomic E-state index is 12.8. The highest BCUT2D eigenvalue weighted by atomic mass is 35.5. The third-order valence-electron chi connectivity index (χ3n) is 5.00. The Hall–Kier alpha value is -2.64. The number of aromatic nitrogens is 1. The molecule has 1 N–H and O–H groups in total. The Kier molecular flexibility index (Phi) is 5.69. The summed E-state index contributed by atoms with van der Waals surface area (Å²) in [5.74, 6) is 0.306. The van der Waals surface area contributed by atoms with Gasteiger partial charge in [0.05, 0.1) is 23.2 Å². The SMILES string of the molecule is COc1ccc2nc(NC(=O)C3CCCN(C(=O)c4ccc(Cl)cc4)C3)sc2c1. The molecule has 0 saturated carbocycles. The zero-order valence-corrected chi connectivity index (χ0v) is 17.4. The van der Waals surface area contributed by atoms with E-state index in [1.165, 1.54) is 11.3 Å². The van der Waals surface area contributed by atoms with Gasteiger partial charge in [-0.1, -0.05) is 22.9 Å².